The minimum atomic E-state index is 0.744. The lowest BCUT2D eigenvalue weighted by Crippen LogP contribution is -2.09. The predicted molar refractivity (Wildman–Crippen MR) is 117 cm³/mol. The van der Waals surface area contributed by atoms with Gasteiger partial charge in [0.1, 0.15) is 5.82 Å². The standard InChI is InChI=1S/C20H17ClIN5/c1-13-3-2-9-23-17(13)8-10-24-19-6-7-20-25-12-18(27(20)26-19)14-4-5-15(21)16(22)11-14/h2-7,9,11-12H,8,10H2,1H3,(H,24,26). The molecule has 4 aromatic rings. The highest BCUT2D eigenvalue weighted by molar-refractivity contribution is 14.1. The van der Waals surface area contributed by atoms with Crippen molar-refractivity contribution in [3.05, 3.63) is 74.7 Å². The van der Waals surface area contributed by atoms with E-state index in [1.165, 1.54) is 5.56 Å². The molecule has 0 saturated heterocycles. The van der Waals surface area contributed by atoms with Crippen molar-refractivity contribution in [2.45, 2.75) is 13.3 Å². The molecule has 7 heteroatoms. The number of hydrogen-bond donors (Lipinski definition) is 1. The molecule has 0 spiro atoms. The molecule has 3 heterocycles. The van der Waals surface area contributed by atoms with E-state index in [2.05, 4.69) is 50.9 Å². The van der Waals surface area contributed by atoms with Crippen molar-refractivity contribution in [3.63, 3.8) is 0 Å². The maximum Gasteiger partial charge on any atom is 0.154 e. The fraction of sp³-hybridized carbons (Fsp3) is 0.150. The van der Waals surface area contributed by atoms with Crippen molar-refractivity contribution in [1.29, 1.82) is 0 Å². The molecule has 0 bridgehead atoms. The Labute approximate surface area is 176 Å². The smallest absolute Gasteiger partial charge is 0.154 e. The molecule has 4 rings (SSSR count). The van der Waals surface area contributed by atoms with Gasteiger partial charge in [-0.3, -0.25) is 4.98 Å². The molecule has 0 aliphatic carbocycles. The minimum absolute atomic E-state index is 0.744. The Morgan fingerprint density at radius 3 is 2.85 bits per heavy atom. The van der Waals surface area contributed by atoms with Gasteiger partial charge in [0.25, 0.3) is 0 Å². The summed E-state index contributed by atoms with van der Waals surface area (Å²) in [5, 5.41) is 8.83. The largest absolute Gasteiger partial charge is 0.368 e. The fourth-order valence-corrected chi connectivity index (χ4v) is 3.54. The number of benzene rings is 1. The summed E-state index contributed by atoms with van der Waals surface area (Å²) < 4.78 is 2.86. The molecule has 0 atom stereocenters. The second-order valence-electron chi connectivity index (χ2n) is 6.20. The van der Waals surface area contributed by atoms with Gasteiger partial charge in [-0.15, -0.1) is 5.10 Å². The molecule has 0 saturated carbocycles. The Morgan fingerprint density at radius 2 is 2.04 bits per heavy atom. The maximum atomic E-state index is 6.14. The summed E-state index contributed by atoms with van der Waals surface area (Å²) in [5.74, 6) is 0.805. The summed E-state index contributed by atoms with van der Waals surface area (Å²) in [4.78, 5) is 8.89. The first-order valence-electron chi connectivity index (χ1n) is 8.56. The van der Waals surface area contributed by atoms with Gasteiger partial charge in [0, 0.05) is 34.0 Å². The Balaban J connectivity index is 1.56. The van der Waals surface area contributed by atoms with Crippen LogP contribution in [-0.4, -0.2) is 26.1 Å². The van der Waals surface area contributed by atoms with Crippen LogP contribution in [0.2, 0.25) is 5.02 Å². The highest BCUT2D eigenvalue weighted by Gasteiger charge is 2.10. The molecule has 27 heavy (non-hydrogen) atoms. The Kier molecular flexibility index (Phi) is 5.27. The van der Waals surface area contributed by atoms with E-state index < -0.39 is 0 Å². The van der Waals surface area contributed by atoms with Gasteiger partial charge in [-0.1, -0.05) is 23.7 Å². The zero-order chi connectivity index (χ0) is 18.8. The topological polar surface area (TPSA) is 55.1 Å². The van der Waals surface area contributed by atoms with Crippen molar-refractivity contribution >= 4 is 45.7 Å². The molecule has 0 aliphatic rings. The van der Waals surface area contributed by atoms with Crippen molar-refractivity contribution in [2.75, 3.05) is 11.9 Å². The van der Waals surface area contributed by atoms with E-state index in [0.29, 0.717) is 0 Å². The fourth-order valence-electron chi connectivity index (χ4n) is 2.91. The number of anilines is 1. The first-order chi connectivity index (χ1) is 13.1. The third-order valence-electron chi connectivity index (χ3n) is 4.36. The molecule has 136 valence electrons. The van der Waals surface area contributed by atoms with Crippen molar-refractivity contribution in [2.24, 2.45) is 0 Å². The van der Waals surface area contributed by atoms with Crippen LogP contribution in [0.15, 0.2) is 54.9 Å². The molecule has 5 nitrogen and oxygen atoms in total. The lowest BCUT2D eigenvalue weighted by atomic mass is 10.2. The van der Waals surface area contributed by atoms with Gasteiger partial charge in [-0.25, -0.2) is 9.50 Å². The van der Waals surface area contributed by atoms with Gasteiger partial charge >= 0.3 is 0 Å². The molecule has 0 aliphatic heterocycles. The van der Waals surface area contributed by atoms with Crippen molar-refractivity contribution < 1.29 is 0 Å². The summed E-state index contributed by atoms with van der Waals surface area (Å²) in [6.07, 6.45) is 4.51. The molecule has 0 unspecified atom stereocenters. The number of aryl methyl sites for hydroxylation is 1. The van der Waals surface area contributed by atoms with Gasteiger partial charge in [0.05, 0.1) is 16.9 Å². The van der Waals surface area contributed by atoms with Gasteiger partial charge in [-0.05, 0) is 65.4 Å². The van der Waals surface area contributed by atoms with E-state index in [1.54, 1.807) is 0 Å². The Morgan fingerprint density at radius 1 is 1.15 bits per heavy atom. The Bertz CT molecular complexity index is 1110. The number of pyridine rings is 1. The second-order valence-corrected chi connectivity index (χ2v) is 7.77. The van der Waals surface area contributed by atoms with Crippen LogP contribution in [0.4, 0.5) is 5.82 Å². The highest BCUT2D eigenvalue weighted by Crippen LogP contribution is 2.26. The number of nitrogens with zero attached hydrogens (tertiary/aromatic N) is 4. The number of hydrogen-bond acceptors (Lipinski definition) is 4. The summed E-state index contributed by atoms with van der Waals surface area (Å²) in [5.41, 5.74) is 5.08. The van der Waals surface area contributed by atoms with E-state index in [1.807, 2.05) is 53.3 Å². The molecular weight excluding hydrogens is 473 g/mol. The van der Waals surface area contributed by atoms with E-state index in [0.717, 1.165) is 50.0 Å². The van der Waals surface area contributed by atoms with E-state index in [-0.39, 0.29) is 0 Å². The quantitative estimate of drug-likeness (QED) is 0.400. The van der Waals surface area contributed by atoms with Crippen molar-refractivity contribution in [3.8, 4) is 11.3 Å². The summed E-state index contributed by atoms with van der Waals surface area (Å²) in [7, 11) is 0. The van der Waals surface area contributed by atoms with E-state index in [9.17, 15) is 0 Å². The summed E-state index contributed by atoms with van der Waals surface area (Å²) in [6.45, 7) is 2.84. The molecule has 0 fully saturated rings. The summed E-state index contributed by atoms with van der Waals surface area (Å²) in [6, 6.07) is 13.9. The van der Waals surface area contributed by atoms with Gasteiger partial charge in [-0.2, -0.15) is 0 Å². The van der Waals surface area contributed by atoms with Gasteiger partial charge in [0.15, 0.2) is 5.65 Å². The molecule has 3 aromatic heterocycles. The molecular formula is C20H17ClIN5. The lowest BCUT2D eigenvalue weighted by molar-refractivity contribution is 0.902. The van der Waals surface area contributed by atoms with Crippen LogP contribution in [-0.2, 0) is 6.42 Å². The van der Waals surface area contributed by atoms with Crippen LogP contribution >= 0.6 is 34.2 Å². The number of aromatic nitrogens is 4. The number of fused-ring (bicyclic) bond motifs is 1. The number of imidazole rings is 1. The predicted octanol–water partition coefficient (Wildman–Crippen LogP) is 5.01. The number of rotatable bonds is 5. The van der Waals surface area contributed by atoms with Crippen LogP contribution in [0, 0.1) is 10.5 Å². The van der Waals surface area contributed by atoms with Crippen LogP contribution in [0.5, 0.6) is 0 Å². The van der Waals surface area contributed by atoms with Crippen molar-refractivity contribution in [1.82, 2.24) is 19.6 Å². The highest BCUT2D eigenvalue weighted by atomic mass is 127. The number of halogens is 2. The average Bonchev–Trinajstić information content (AvgIpc) is 3.09. The first-order valence-corrected chi connectivity index (χ1v) is 10.0. The van der Waals surface area contributed by atoms with Crippen LogP contribution in [0.1, 0.15) is 11.3 Å². The van der Waals surface area contributed by atoms with Crippen LogP contribution in [0.3, 0.4) is 0 Å². The molecule has 1 N–H and O–H groups in total. The van der Waals surface area contributed by atoms with E-state index >= 15 is 0 Å². The third kappa shape index (κ3) is 3.91. The van der Waals surface area contributed by atoms with Gasteiger partial charge in [0.2, 0.25) is 0 Å². The first kappa shape index (κ1) is 18.2. The van der Waals surface area contributed by atoms with Gasteiger partial charge < -0.3 is 5.32 Å². The number of nitrogens with one attached hydrogen (secondary N) is 1. The average molecular weight is 490 g/mol. The zero-order valence-electron chi connectivity index (χ0n) is 14.7. The Hall–Kier alpha value is -2.19. The molecule has 1 aromatic carbocycles. The third-order valence-corrected chi connectivity index (χ3v) is 5.90. The van der Waals surface area contributed by atoms with Crippen LogP contribution in [0.25, 0.3) is 16.9 Å². The summed E-state index contributed by atoms with van der Waals surface area (Å²) >= 11 is 8.38. The normalized spacial score (nSPS) is 11.1. The maximum absolute atomic E-state index is 6.14. The lowest BCUT2D eigenvalue weighted by Gasteiger charge is -2.08. The molecule has 0 radical (unpaired) electrons. The monoisotopic (exact) mass is 489 g/mol. The SMILES string of the molecule is Cc1cccnc1CCNc1ccc2ncc(-c3ccc(Cl)c(I)c3)n2n1. The van der Waals surface area contributed by atoms with Crippen LogP contribution < -0.4 is 5.32 Å². The minimum Gasteiger partial charge on any atom is -0.368 e. The zero-order valence-corrected chi connectivity index (χ0v) is 17.6. The van der Waals surface area contributed by atoms with E-state index in [4.69, 9.17) is 16.7 Å². The molecule has 0 amide bonds. The second kappa shape index (κ2) is 7.82.